The topological polar surface area (TPSA) is 180 Å². The van der Waals surface area contributed by atoms with Crippen molar-refractivity contribution >= 4 is 23.7 Å². The minimum atomic E-state index is -1.68. The summed E-state index contributed by atoms with van der Waals surface area (Å²) in [5.74, 6) is -3.00. The van der Waals surface area contributed by atoms with Gasteiger partial charge in [0.2, 0.25) is 11.8 Å². The Balaban J connectivity index is 1.93. The van der Waals surface area contributed by atoms with Gasteiger partial charge in [0, 0.05) is 19.1 Å². The molecule has 0 aromatic heterocycles. The van der Waals surface area contributed by atoms with Crippen LogP contribution in [-0.4, -0.2) is 70.8 Å². The molecule has 0 aliphatic rings. The number of nitrogens with two attached hydrogens (primary N) is 1. The van der Waals surface area contributed by atoms with Crippen molar-refractivity contribution in [3.8, 4) is 11.1 Å². The highest BCUT2D eigenvalue weighted by Crippen LogP contribution is 2.24. The Kier molecular flexibility index (Phi) is 15.2. The molecule has 11 nitrogen and oxygen atoms in total. The van der Waals surface area contributed by atoms with E-state index in [0.717, 1.165) is 29.5 Å². The third kappa shape index (κ3) is 11.3. The van der Waals surface area contributed by atoms with Crippen molar-refractivity contribution in [3.05, 3.63) is 60.2 Å². The standard InChI is InChI=1S/C34H50N4O7/c1-6-7-9-18-28(40)30(41)29(22(2)3)38-32(43)34(5,35)26(20-39)19-36-31(42)23(4)37-33(44)45-21-25-16-12-13-17-27(25)24-14-10-8-11-15-24/h8,10-17,22-23,26,28-29,39-40H,6-7,9,18-21,35H2,1-5H3,(H,36,42)(H,37,44)(H,38,43)/t23-,26?,28?,29?,34+/m0/s1. The lowest BCUT2D eigenvalue weighted by Gasteiger charge is -2.34. The van der Waals surface area contributed by atoms with E-state index in [1.807, 2.05) is 61.5 Å². The second-order valence-corrected chi connectivity index (χ2v) is 12.0. The van der Waals surface area contributed by atoms with Crippen LogP contribution in [0.25, 0.3) is 11.1 Å². The zero-order valence-electron chi connectivity index (χ0n) is 27.0. The smallest absolute Gasteiger partial charge is 0.408 e. The number of amides is 3. The van der Waals surface area contributed by atoms with Crippen LogP contribution in [0.1, 0.15) is 65.9 Å². The van der Waals surface area contributed by atoms with E-state index in [2.05, 4.69) is 16.0 Å². The van der Waals surface area contributed by atoms with Crippen molar-refractivity contribution in [1.82, 2.24) is 16.0 Å². The van der Waals surface area contributed by atoms with Crippen LogP contribution in [-0.2, 0) is 25.7 Å². The van der Waals surface area contributed by atoms with E-state index in [-0.39, 0.29) is 19.1 Å². The summed E-state index contributed by atoms with van der Waals surface area (Å²) in [5.41, 5.74) is 7.37. The minimum absolute atomic E-state index is 0.00584. The van der Waals surface area contributed by atoms with E-state index < -0.39 is 59.9 Å². The van der Waals surface area contributed by atoms with Crippen LogP contribution in [0.4, 0.5) is 4.79 Å². The Bertz CT molecular complexity index is 1250. The molecule has 0 saturated heterocycles. The first-order chi connectivity index (χ1) is 21.3. The third-order valence-corrected chi connectivity index (χ3v) is 7.94. The predicted octanol–water partition coefficient (Wildman–Crippen LogP) is 3.06. The number of nitrogens with one attached hydrogen (secondary N) is 3. The first-order valence-electron chi connectivity index (χ1n) is 15.6. The molecule has 2 rings (SSSR count). The molecule has 0 bridgehead atoms. The Morgan fingerprint density at radius 3 is 2.22 bits per heavy atom. The fourth-order valence-electron chi connectivity index (χ4n) is 4.80. The lowest BCUT2D eigenvalue weighted by Crippen LogP contribution is -2.63. The SMILES string of the molecule is CCCCCC(O)C(=O)C(NC(=O)[C@](C)(N)C(CO)CNC(=O)[C@H](C)NC(=O)OCc1ccccc1-c1ccccc1)C(C)C. The molecule has 5 atom stereocenters. The molecule has 248 valence electrons. The number of hydrogen-bond acceptors (Lipinski definition) is 8. The van der Waals surface area contributed by atoms with Crippen LogP contribution in [0.5, 0.6) is 0 Å². The first-order valence-corrected chi connectivity index (χ1v) is 15.6. The Labute approximate surface area is 266 Å². The number of carbonyl (C=O) groups excluding carboxylic acids is 4. The van der Waals surface area contributed by atoms with Crippen molar-refractivity contribution in [2.24, 2.45) is 17.6 Å². The zero-order valence-corrected chi connectivity index (χ0v) is 27.0. The van der Waals surface area contributed by atoms with E-state index in [4.69, 9.17) is 10.5 Å². The van der Waals surface area contributed by atoms with Gasteiger partial charge in [-0.3, -0.25) is 14.4 Å². The first kappa shape index (κ1) is 37.4. The molecule has 45 heavy (non-hydrogen) atoms. The second-order valence-electron chi connectivity index (χ2n) is 12.0. The third-order valence-electron chi connectivity index (χ3n) is 7.94. The summed E-state index contributed by atoms with van der Waals surface area (Å²) in [6, 6.07) is 15.3. The second kappa shape index (κ2) is 18.2. The molecule has 2 aromatic rings. The van der Waals surface area contributed by atoms with Gasteiger partial charge in [-0.05, 0) is 42.9 Å². The van der Waals surface area contributed by atoms with Gasteiger partial charge in [-0.2, -0.15) is 0 Å². The summed E-state index contributed by atoms with van der Waals surface area (Å²) < 4.78 is 5.37. The van der Waals surface area contributed by atoms with E-state index in [0.29, 0.717) is 12.8 Å². The number of unbranched alkanes of at least 4 members (excludes halogenated alkanes) is 2. The van der Waals surface area contributed by atoms with E-state index in [1.165, 1.54) is 13.8 Å². The number of benzene rings is 2. The number of alkyl carbamates (subject to hydrolysis) is 1. The fourth-order valence-corrected chi connectivity index (χ4v) is 4.80. The molecular weight excluding hydrogens is 576 g/mol. The number of Topliss-reactive ketones (excluding diaryl/α,β-unsaturated/α-hetero) is 1. The van der Waals surface area contributed by atoms with E-state index in [1.54, 1.807) is 13.8 Å². The van der Waals surface area contributed by atoms with E-state index >= 15 is 0 Å². The van der Waals surface area contributed by atoms with Gasteiger partial charge in [0.15, 0.2) is 5.78 Å². The molecule has 0 heterocycles. The molecule has 3 amide bonds. The van der Waals surface area contributed by atoms with Gasteiger partial charge in [-0.25, -0.2) is 4.79 Å². The van der Waals surface area contributed by atoms with Gasteiger partial charge in [0.1, 0.15) is 18.8 Å². The highest BCUT2D eigenvalue weighted by atomic mass is 16.5. The number of ether oxygens (including phenoxy) is 1. The average Bonchev–Trinajstić information content (AvgIpc) is 3.02. The number of aliphatic hydroxyl groups excluding tert-OH is 2. The molecule has 0 aliphatic heterocycles. The maximum atomic E-state index is 13.2. The average molecular weight is 627 g/mol. The number of rotatable bonds is 18. The summed E-state index contributed by atoms with van der Waals surface area (Å²) in [6.45, 7) is 7.68. The van der Waals surface area contributed by atoms with Crippen molar-refractivity contribution in [3.63, 3.8) is 0 Å². The summed E-state index contributed by atoms with van der Waals surface area (Å²) in [7, 11) is 0. The normalized spacial score (nSPS) is 15.2. The van der Waals surface area contributed by atoms with Crippen molar-refractivity contribution in [1.29, 1.82) is 0 Å². The summed E-state index contributed by atoms with van der Waals surface area (Å²) in [6.07, 6.45) is 0.823. The minimum Gasteiger partial charge on any atom is -0.445 e. The molecule has 2 aromatic carbocycles. The number of aliphatic hydroxyl groups is 2. The molecule has 11 heteroatoms. The van der Waals surface area contributed by atoms with Crippen LogP contribution in [0.3, 0.4) is 0 Å². The summed E-state index contributed by atoms with van der Waals surface area (Å²) in [5, 5.41) is 28.2. The van der Waals surface area contributed by atoms with Gasteiger partial charge in [0.05, 0.1) is 11.6 Å². The molecule has 3 unspecified atom stereocenters. The van der Waals surface area contributed by atoms with Crippen LogP contribution in [0.15, 0.2) is 54.6 Å². The Morgan fingerprint density at radius 1 is 0.956 bits per heavy atom. The van der Waals surface area contributed by atoms with E-state index in [9.17, 15) is 29.4 Å². The molecule has 0 saturated carbocycles. The van der Waals surface area contributed by atoms with Crippen LogP contribution >= 0.6 is 0 Å². The number of carbonyl (C=O) groups is 4. The number of ketones is 1. The quantitative estimate of drug-likeness (QED) is 0.137. The Hall–Kier alpha value is -3.80. The Morgan fingerprint density at radius 2 is 1.60 bits per heavy atom. The maximum Gasteiger partial charge on any atom is 0.408 e. The number of hydrogen-bond donors (Lipinski definition) is 6. The van der Waals surface area contributed by atoms with Gasteiger partial charge >= 0.3 is 6.09 Å². The zero-order chi connectivity index (χ0) is 33.6. The van der Waals surface area contributed by atoms with Gasteiger partial charge in [-0.1, -0.05) is 94.6 Å². The molecular formula is C34H50N4O7. The summed E-state index contributed by atoms with van der Waals surface area (Å²) >= 11 is 0. The van der Waals surface area contributed by atoms with Crippen molar-refractivity contribution < 1.29 is 34.1 Å². The highest BCUT2D eigenvalue weighted by molar-refractivity contribution is 5.95. The van der Waals surface area contributed by atoms with Crippen LogP contribution in [0, 0.1) is 11.8 Å². The highest BCUT2D eigenvalue weighted by Gasteiger charge is 2.40. The fraction of sp³-hybridized carbons (Fsp3) is 0.529. The molecule has 0 fully saturated rings. The molecule has 0 aliphatic carbocycles. The van der Waals surface area contributed by atoms with Gasteiger partial charge in [-0.15, -0.1) is 0 Å². The lowest BCUT2D eigenvalue weighted by molar-refractivity contribution is -0.137. The van der Waals surface area contributed by atoms with Crippen LogP contribution in [0.2, 0.25) is 0 Å². The molecule has 0 radical (unpaired) electrons. The molecule has 7 N–H and O–H groups in total. The maximum absolute atomic E-state index is 13.2. The van der Waals surface area contributed by atoms with Crippen molar-refractivity contribution in [2.45, 2.75) is 90.6 Å². The van der Waals surface area contributed by atoms with Gasteiger partial charge < -0.3 is 36.6 Å². The monoisotopic (exact) mass is 626 g/mol. The van der Waals surface area contributed by atoms with Crippen molar-refractivity contribution in [2.75, 3.05) is 13.2 Å². The molecule has 0 spiro atoms. The largest absolute Gasteiger partial charge is 0.445 e. The van der Waals surface area contributed by atoms with Gasteiger partial charge in [0.25, 0.3) is 0 Å². The predicted molar refractivity (Wildman–Crippen MR) is 173 cm³/mol. The summed E-state index contributed by atoms with van der Waals surface area (Å²) in [4.78, 5) is 51.4. The lowest BCUT2D eigenvalue weighted by atomic mass is 9.84. The van der Waals surface area contributed by atoms with Crippen LogP contribution < -0.4 is 21.7 Å².